The molecule has 0 amide bonds. The van der Waals surface area contributed by atoms with E-state index in [1.807, 2.05) is 44.2 Å². The van der Waals surface area contributed by atoms with Gasteiger partial charge in [0.05, 0.1) is 10.9 Å². The number of aryl methyl sites for hydroxylation is 3. The Morgan fingerprint density at radius 2 is 1.65 bits per heavy atom. The van der Waals surface area contributed by atoms with Crippen molar-refractivity contribution in [1.29, 1.82) is 0 Å². The lowest BCUT2D eigenvalue weighted by Crippen LogP contribution is -2.09. The lowest BCUT2D eigenvalue weighted by molar-refractivity contribution is 0.0735. The first kappa shape index (κ1) is 20.4. The van der Waals surface area contributed by atoms with Crippen molar-refractivity contribution >= 4 is 16.9 Å². The number of benzene rings is 3. The van der Waals surface area contributed by atoms with Crippen molar-refractivity contribution in [2.24, 2.45) is 0 Å². The molecule has 0 atom stereocenters. The van der Waals surface area contributed by atoms with Gasteiger partial charge in [-0.25, -0.2) is 4.79 Å². The van der Waals surface area contributed by atoms with Crippen molar-refractivity contribution in [2.45, 2.75) is 27.2 Å². The van der Waals surface area contributed by atoms with Crippen LogP contribution in [-0.2, 0) is 6.42 Å². The van der Waals surface area contributed by atoms with Crippen molar-refractivity contribution in [1.82, 2.24) is 0 Å². The molecule has 31 heavy (non-hydrogen) atoms. The van der Waals surface area contributed by atoms with Crippen LogP contribution in [0.2, 0.25) is 0 Å². The predicted molar refractivity (Wildman–Crippen MR) is 119 cm³/mol. The van der Waals surface area contributed by atoms with Crippen LogP contribution in [0.3, 0.4) is 0 Å². The quantitative estimate of drug-likeness (QED) is 0.297. The van der Waals surface area contributed by atoms with Gasteiger partial charge < -0.3 is 13.9 Å². The number of hydrogen-bond donors (Lipinski definition) is 0. The minimum Gasteiger partial charge on any atom is -0.460 e. The largest absolute Gasteiger partial charge is 0.460 e. The normalized spacial score (nSPS) is 10.8. The second-order valence-electron chi connectivity index (χ2n) is 7.38. The Labute approximate surface area is 179 Å². The molecule has 0 saturated carbocycles. The summed E-state index contributed by atoms with van der Waals surface area (Å²) >= 11 is 0. The van der Waals surface area contributed by atoms with E-state index in [-0.39, 0.29) is 11.2 Å². The zero-order valence-electron chi connectivity index (χ0n) is 17.6. The van der Waals surface area contributed by atoms with Gasteiger partial charge in [0.15, 0.2) is 0 Å². The Kier molecular flexibility index (Phi) is 5.58. The molecule has 0 fully saturated rings. The maximum atomic E-state index is 12.8. The SMILES string of the molecule is CCc1ccc(Oc2coc3cc(OC(=O)c4ccc(C)c(C)c4)ccc3c2=O)cc1. The third kappa shape index (κ3) is 4.36. The highest BCUT2D eigenvalue weighted by molar-refractivity contribution is 5.92. The Morgan fingerprint density at radius 1 is 0.903 bits per heavy atom. The molecular weight excluding hydrogens is 392 g/mol. The van der Waals surface area contributed by atoms with E-state index < -0.39 is 5.97 Å². The molecule has 0 bridgehead atoms. The summed E-state index contributed by atoms with van der Waals surface area (Å²) in [6.07, 6.45) is 2.20. The van der Waals surface area contributed by atoms with Crippen molar-refractivity contribution in [3.63, 3.8) is 0 Å². The van der Waals surface area contributed by atoms with Crippen molar-refractivity contribution in [2.75, 3.05) is 0 Å². The number of fused-ring (bicyclic) bond motifs is 1. The van der Waals surface area contributed by atoms with Gasteiger partial charge in [-0.3, -0.25) is 4.79 Å². The highest BCUT2D eigenvalue weighted by Gasteiger charge is 2.13. The number of carbonyl (C=O) groups is 1. The lowest BCUT2D eigenvalue weighted by atomic mass is 10.1. The molecule has 0 aliphatic carbocycles. The fraction of sp³-hybridized carbons (Fsp3) is 0.154. The van der Waals surface area contributed by atoms with Crippen LogP contribution in [-0.4, -0.2) is 5.97 Å². The van der Waals surface area contributed by atoms with Gasteiger partial charge in [-0.2, -0.15) is 0 Å². The van der Waals surface area contributed by atoms with Crippen LogP contribution in [0.25, 0.3) is 11.0 Å². The molecule has 156 valence electrons. The van der Waals surface area contributed by atoms with Gasteiger partial charge in [-0.05, 0) is 73.4 Å². The van der Waals surface area contributed by atoms with Crippen LogP contribution in [0.5, 0.6) is 17.2 Å². The number of rotatable bonds is 5. The molecule has 0 aliphatic rings. The fourth-order valence-electron chi connectivity index (χ4n) is 3.18. The molecule has 4 aromatic rings. The summed E-state index contributed by atoms with van der Waals surface area (Å²) in [6, 6.07) is 17.6. The van der Waals surface area contributed by atoms with Crippen molar-refractivity contribution in [3.05, 3.63) is 99.4 Å². The summed E-state index contributed by atoms with van der Waals surface area (Å²) < 4.78 is 16.7. The van der Waals surface area contributed by atoms with E-state index in [9.17, 15) is 9.59 Å². The van der Waals surface area contributed by atoms with Gasteiger partial charge in [0.1, 0.15) is 23.3 Å². The summed E-state index contributed by atoms with van der Waals surface area (Å²) in [6.45, 7) is 5.99. The maximum Gasteiger partial charge on any atom is 0.343 e. The average Bonchev–Trinajstić information content (AvgIpc) is 2.78. The van der Waals surface area contributed by atoms with Crippen LogP contribution in [0.1, 0.15) is 34.0 Å². The van der Waals surface area contributed by atoms with E-state index in [1.165, 1.54) is 17.9 Å². The first-order valence-electron chi connectivity index (χ1n) is 10.1. The minimum atomic E-state index is -0.472. The van der Waals surface area contributed by atoms with Gasteiger partial charge in [0.25, 0.3) is 0 Å². The highest BCUT2D eigenvalue weighted by atomic mass is 16.5. The molecule has 0 aliphatic heterocycles. The molecule has 1 aromatic heterocycles. The predicted octanol–water partition coefficient (Wildman–Crippen LogP) is 5.98. The molecule has 5 nitrogen and oxygen atoms in total. The topological polar surface area (TPSA) is 65.7 Å². The van der Waals surface area contributed by atoms with E-state index >= 15 is 0 Å². The van der Waals surface area contributed by atoms with Crippen molar-refractivity contribution in [3.8, 4) is 17.2 Å². The zero-order valence-corrected chi connectivity index (χ0v) is 17.6. The van der Waals surface area contributed by atoms with Crippen molar-refractivity contribution < 1.29 is 18.7 Å². The van der Waals surface area contributed by atoms with Crippen LogP contribution in [0.4, 0.5) is 0 Å². The third-order valence-electron chi connectivity index (χ3n) is 5.23. The van der Waals surface area contributed by atoms with Crippen LogP contribution in [0, 0.1) is 13.8 Å². The molecule has 4 rings (SSSR count). The summed E-state index contributed by atoms with van der Waals surface area (Å²) in [5.41, 5.74) is 3.76. The second-order valence-corrected chi connectivity index (χ2v) is 7.38. The van der Waals surface area contributed by atoms with E-state index in [4.69, 9.17) is 13.9 Å². The first-order chi connectivity index (χ1) is 14.9. The minimum absolute atomic E-state index is 0.0941. The van der Waals surface area contributed by atoms with Crippen LogP contribution >= 0.6 is 0 Å². The first-order valence-corrected chi connectivity index (χ1v) is 10.1. The second kappa shape index (κ2) is 8.48. The lowest BCUT2D eigenvalue weighted by Gasteiger charge is -2.08. The molecular formula is C26H22O5. The number of ether oxygens (including phenoxy) is 2. The molecule has 0 radical (unpaired) electrons. The monoisotopic (exact) mass is 414 g/mol. The van der Waals surface area contributed by atoms with Crippen LogP contribution < -0.4 is 14.9 Å². The molecule has 5 heteroatoms. The number of esters is 1. The fourth-order valence-corrected chi connectivity index (χ4v) is 3.18. The number of carbonyl (C=O) groups excluding carboxylic acids is 1. The van der Waals surface area contributed by atoms with E-state index in [1.54, 1.807) is 24.3 Å². The Hall–Kier alpha value is -3.86. The molecule has 0 spiro atoms. The van der Waals surface area contributed by atoms with E-state index in [2.05, 4.69) is 6.92 Å². The molecule has 3 aromatic carbocycles. The van der Waals surface area contributed by atoms with Crippen LogP contribution in [0.15, 0.2) is 76.1 Å². The molecule has 0 saturated heterocycles. The Morgan fingerprint density at radius 3 is 2.35 bits per heavy atom. The van der Waals surface area contributed by atoms with Gasteiger partial charge in [-0.15, -0.1) is 0 Å². The average molecular weight is 414 g/mol. The Bertz CT molecular complexity index is 1320. The molecule has 1 heterocycles. The summed E-state index contributed by atoms with van der Waals surface area (Å²) in [5.74, 6) is 0.474. The maximum absolute atomic E-state index is 12.8. The summed E-state index contributed by atoms with van der Waals surface area (Å²) in [7, 11) is 0. The standard InChI is InChI=1S/C26H22O5/c1-4-18-6-9-20(10-7-18)30-24-15-29-23-14-21(11-12-22(23)25(24)27)31-26(28)19-8-5-16(2)17(3)13-19/h5-15H,4H2,1-3H3. The summed E-state index contributed by atoms with van der Waals surface area (Å²) in [4.78, 5) is 25.2. The molecule has 0 N–H and O–H groups in total. The highest BCUT2D eigenvalue weighted by Crippen LogP contribution is 2.25. The van der Waals surface area contributed by atoms with Gasteiger partial charge in [0.2, 0.25) is 11.2 Å². The number of hydrogen-bond acceptors (Lipinski definition) is 5. The van der Waals surface area contributed by atoms with E-state index in [0.717, 1.165) is 17.5 Å². The third-order valence-corrected chi connectivity index (χ3v) is 5.23. The smallest absolute Gasteiger partial charge is 0.343 e. The zero-order chi connectivity index (χ0) is 22.0. The molecule has 0 unspecified atom stereocenters. The van der Waals surface area contributed by atoms with Gasteiger partial charge in [0, 0.05) is 6.07 Å². The van der Waals surface area contributed by atoms with Gasteiger partial charge in [-0.1, -0.05) is 25.1 Å². The summed E-state index contributed by atoms with van der Waals surface area (Å²) in [5, 5.41) is 0.341. The van der Waals surface area contributed by atoms with E-state index in [0.29, 0.717) is 28.0 Å². The Balaban J connectivity index is 1.56. The van der Waals surface area contributed by atoms with Gasteiger partial charge >= 0.3 is 5.97 Å².